The van der Waals surface area contributed by atoms with Crippen molar-refractivity contribution in [1.82, 2.24) is 15.2 Å². The number of fused-ring (bicyclic) bond motifs is 1. The van der Waals surface area contributed by atoms with Gasteiger partial charge in [-0.05, 0) is 29.5 Å². The number of nitrogens with zero attached hydrogens (tertiary/aromatic N) is 3. The Balaban J connectivity index is 1.54. The molecule has 4 bridgehead atoms. The van der Waals surface area contributed by atoms with Gasteiger partial charge in [0.05, 0.1) is 5.71 Å². The van der Waals surface area contributed by atoms with Crippen LogP contribution in [-0.2, 0) is 5.41 Å². The van der Waals surface area contributed by atoms with Crippen molar-refractivity contribution < 1.29 is 4.79 Å². The minimum absolute atomic E-state index is 0.0886. The minimum atomic E-state index is -0.105. The van der Waals surface area contributed by atoms with Crippen molar-refractivity contribution in [3.8, 4) is 0 Å². The van der Waals surface area contributed by atoms with Crippen LogP contribution in [0.2, 0.25) is 0 Å². The number of hydrazone groups is 1. The molecule has 4 fully saturated rings. The van der Waals surface area contributed by atoms with Crippen LogP contribution < -0.4 is 5.43 Å². The second-order valence-corrected chi connectivity index (χ2v) is 9.96. The van der Waals surface area contributed by atoms with Crippen molar-refractivity contribution in [1.29, 1.82) is 0 Å². The number of hydrogen-bond donors (Lipinski definition) is 1. The fourth-order valence-corrected chi connectivity index (χ4v) is 5.38. The van der Waals surface area contributed by atoms with Crippen LogP contribution in [0.4, 0.5) is 0 Å². The molecular weight excluding hydrogens is 348 g/mol. The van der Waals surface area contributed by atoms with Gasteiger partial charge in [-0.25, -0.2) is 5.43 Å². The van der Waals surface area contributed by atoms with Crippen LogP contribution in [0.3, 0.4) is 0 Å². The van der Waals surface area contributed by atoms with Crippen LogP contribution >= 0.6 is 0 Å². The van der Waals surface area contributed by atoms with Crippen molar-refractivity contribution >= 4 is 11.6 Å². The van der Waals surface area contributed by atoms with Crippen LogP contribution in [0, 0.1) is 11.3 Å². The zero-order chi connectivity index (χ0) is 19.9. The molecule has 28 heavy (non-hydrogen) atoms. The number of hydrogen-bond acceptors (Lipinski definition) is 4. The second-order valence-electron chi connectivity index (χ2n) is 9.96. The maximum absolute atomic E-state index is 12.7. The predicted molar refractivity (Wildman–Crippen MR) is 114 cm³/mol. The van der Waals surface area contributed by atoms with Crippen molar-refractivity contribution in [2.45, 2.75) is 46.0 Å². The molecule has 2 atom stereocenters. The number of carbonyl (C=O) groups is 1. The summed E-state index contributed by atoms with van der Waals surface area (Å²) in [6.45, 7) is 15.5. The molecule has 5 nitrogen and oxygen atoms in total. The monoisotopic (exact) mass is 382 g/mol. The number of piperidine rings is 2. The minimum Gasteiger partial charge on any atom is -0.300 e. The first-order valence-corrected chi connectivity index (χ1v) is 10.7. The van der Waals surface area contributed by atoms with E-state index in [1.807, 2.05) is 24.3 Å². The van der Waals surface area contributed by atoms with E-state index in [0.717, 1.165) is 39.0 Å². The molecule has 0 saturated carbocycles. The van der Waals surface area contributed by atoms with Crippen molar-refractivity contribution in [2.75, 3.05) is 39.3 Å². The summed E-state index contributed by atoms with van der Waals surface area (Å²) in [4.78, 5) is 18.0. The summed E-state index contributed by atoms with van der Waals surface area (Å²) in [7, 11) is 0. The van der Waals surface area contributed by atoms with Gasteiger partial charge in [-0.15, -0.1) is 0 Å². The zero-order valence-electron chi connectivity index (χ0n) is 17.8. The molecule has 0 spiro atoms. The number of carbonyl (C=O) groups excluding carboxylic acids is 1. The van der Waals surface area contributed by atoms with Crippen LogP contribution in [0.25, 0.3) is 0 Å². The highest BCUT2D eigenvalue weighted by atomic mass is 16.2. The van der Waals surface area contributed by atoms with Gasteiger partial charge in [0.1, 0.15) is 0 Å². The third-order valence-electron chi connectivity index (χ3n) is 6.69. The first-order chi connectivity index (χ1) is 13.3. The molecular formula is C23H34N4O. The number of nitrogens with one attached hydrogen (secondary N) is 1. The third-order valence-corrected chi connectivity index (χ3v) is 6.69. The van der Waals surface area contributed by atoms with E-state index >= 15 is 0 Å². The van der Waals surface area contributed by atoms with Gasteiger partial charge in [0.15, 0.2) is 0 Å². The van der Waals surface area contributed by atoms with E-state index in [1.165, 1.54) is 24.4 Å². The fourth-order valence-electron chi connectivity index (χ4n) is 5.38. The fraction of sp³-hybridized carbons (Fsp3) is 0.652. The summed E-state index contributed by atoms with van der Waals surface area (Å²) in [6.07, 6.45) is 2.29. The summed E-state index contributed by atoms with van der Waals surface area (Å²) in [5.74, 6) is 0.340. The summed E-state index contributed by atoms with van der Waals surface area (Å²) >= 11 is 0. The molecule has 152 valence electrons. The molecule has 1 aromatic rings. The molecule has 5 heteroatoms. The topological polar surface area (TPSA) is 47.9 Å². The van der Waals surface area contributed by atoms with Crippen LogP contribution in [-0.4, -0.2) is 60.7 Å². The Morgan fingerprint density at radius 3 is 2.29 bits per heavy atom. The van der Waals surface area contributed by atoms with Gasteiger partial charge in [-0.3, -0.25) is 4.79 Å². The van der Waals surface area contributed by atoms with E-state index in [2.05, 4.69) is 42.9 Å². The average molecular weight is 383 g/mol. The van der Waals surface area contributed by atoms with E-state index in [-0.39, 0.29) is 16.7 Å². The van der Waals surface area contributed by atoms with Gasteiger partial charge in [-0.2, -0.15) is 5.10 Å². The smallest absolute Gasteiger partial charge is 0.271 e. The Hall–Kier alpha value is -1.72. The Kier molecular flexibility index (Phi) is 5.09. The van der Waals surface area contributed by atoms with E-state index in [1.54, 1.807) is 0 Å². The summed E-state index contributed by atoms with van der Waals surface area (Å²) in [5.41, 5.74) is 6.25. The van der Waals surface area contributed by atoms with Gasteiger partial charge in [0.25, 0.3) is 5.91 Å². The Labute approximate surface area is 169 Å². The quantitative estimate of drug-likeness (QED) is 0.814. The van der Waals surface area contributed by atoms with Crippen LogP contribution in [0.1, 0.15) is 56.5 Å². The van der Waals surface area contributed by atoms with Gasteiger partial charge in [0.2, 0.25) is 0 Å². The highest BCUT2D eigenvalue weighted by molar-refractivity contribution is 5.98. The Bertz CT molecular complexity index is 746. The molecule has 5 rings (SSSR count). The first kappa shape index (κ1) is 19.6. The lowest BCUT2D eigenvalue weighted by molar-refractivity contribution is 0.0940. The first-order valence-electron chi connectivity index (χ1n) is 10.7. The van der Waals surface area contributed by atoms with Gasteiger partial charge in [0, 0.05) is 56.2 Å². The molecule has 0 aromatic heterocycles. The molecule has 4 aliphatic rings. The Morgan fingerprint density at radius 2 is 1.75 bits per heavy atom. The van der Waals surface area contributed by atoms with Crippen LogP contribution in [0.15, 0.2) is 29.4 Å². The molecule has 0 aliphatic carbocycles. The highest BCUT2D eigenvalue weighted by Gasteiger charge is 2.51. The molecule has 0 radical (unpaired) electrons. The standard InChI is InChI=1S/C23H34N4O/c1-5-10-23-15-26-11-12-27(16-23)14-18(13-26)20(23)24-25-21(28)17-6-8-19(9-7-17)22(2,3)4/h6-9,18H,5,10-16H2,1-4H3,(H,25,28)/b24-20+. The van der Waals surface area contributed by atoms with E-state index in [0.29, 0.717) is 11.5 Å². The Morgan fingerprint density at radius 1 is 1.14 bits per heavy atom. The van der Waals surface area contributed by atoms with E-state index in [4.69, 9.17) is 5.10 Å². The number of rotatable bonds is 4. The summed E-state index contributed by atoms with van der Waals surface area (Å²) < 4.78 is 0. The maximum atomic E-state index is 12.7. The van der Waals surface area contributed by atoms with Gasteiger partial charge >= 0.3 is 0 Å². The molecule has 1 amide bonds. The summed E-state index contributed by atoms with van der Waals surface area (Å²) in [5, 5.41) is 4.77. The molecule has 4 heterocycles. The SMILES string of the molecule is CCCC12CN3CCN(CC(C3)/C1=N\NC(=O)c1ccc(C(C)(C)C)cc1)C2. The number of amides is 1. The lowest BCUT2D eigenvalue weighted by Crippen LogP contribution is -2.61. The van der Waals surface area contributed by atoms with Gasteiger partial charge in [-0.1, -0.05) is 46.2 Å². The molecule has 1 N–H and O–H groups in total. The largest absolute Gasteiger partial charge is 0.300 e. The van der Waals surface area contributed by atoms with E-state index in [9.17, 15) is 4.79 Å². The highest BCUT2D eigenvalue weighted by Crippen LogP contribution is 2.41. The molecule has 4 aliphatic heterocycles. The van der Waals surface area contributed by atoms with Gasteiger partial charge < -0.3 is 9.80 Å². The predicted octanol–water partition coefficient (Wildman–Crippen LogP) is 3.12. The van der Waals surface area contributed by atoms with Crippen LogP contribution in [0.5, 0.6) is 0 Å². The third kappa shape index (κ3) is 3.62. The van der Waals surface area contributed by atoms with Crippen molar-refractivity contribution in [3.63, 3.8) is 0 Å². The lowest BCUT2D eigenvalue weighted by Gasteiger charge is -2.50. The second kappa shape index (κ2) is 7.27. The lowest BCUT2D eigenvalue weighted by atomic mass is 9.68. The molecule has 4 saturated heterocycles. The molecule has 1 aromatic carbocycles. The summed E-state index contributed by atoms with van der Waals surface area (Å²) in [6, 6.07) is 7.93. The zero-order valence-corrected chi connectivity index (χ0v) is 17.8. The number of benzene rings is 1. The van der Waals surface area contributed by atoms with Crippen molar-refractivity contribution in [2.24, 2.45) is 16.4 Å². The normalized spacial score (nSPS) is 33.1. The maximum Gasteiger partial charge on any atom is 0.271 e. The van der Waals surface area contributed by atoms with E-state index < -0.39 is 0 Å². The molecule has 2 unspecified atom stereocenters. The average Bonchev–Trinajstić information content (AvgIpc) is 2.88. The van der Waals surface area contributed by atoms with Crippen molar-refractivity contribution in [3.05, 3.63) is 35.4 Å².